The lowest BCUT2D eigenvalue weighted by molar-refractivity contribution is -0.118. The minimum atomic E-state index is -0.729. The number of amides is 2. The largest absolute Gasteiger partial charge is 0.446 e. The Morgan fingerprint density at radius 2 is 2.10 bits per heavy atom. The molecular weight excluding hydrogens is 298 g/mol. The monoisotopic (exact) mass is 317 g/mol. The van der Waals surface area contributed by atoms with Gasteiger partial charge in [-0.1, -0.05) is 0 Å². The van der Waals surface area contributed by atoms with Gasteiger partial charge in [-0.05, 0) is 33.1 Å². The summed E-state index contributed by atoms with van der Waals surface area (Å²) in [7, 11) is 0. The van der Waals surface area contributed by atoms with Gasteiger partial charge in [-0.15, -0.1) is 11.6 Å². The summed E-state index contributed by atoms with van der Waals surface area (Å²) in [4.78, 5) is 22.7. The van der Waals surface area contributed by atoms with Crippen molar-refractivity contribution in [2.24, 2.45) is 5.92 Å². The summed E-state index contributed by atoms with van der Waals surface area (Å²) in [5.41, 5.74) is -0.205. The van der Waals surface area contributed by atoms with E-state index in [0.29, 0.717) is 6.42 Å². The molecule has 1 saturated carbocycles. The van der Waals surface area contributed by atoms with Crippen molar-refractivity contribution in [2.45, 2.75) is 56.5 Å². The maximum Gasteiger partial charge on any atom is 0.414 e. The van der Waals surface area contributed by atoms with Gasteiger partial charge in [0.05, 0.1) is 23.9 Å². The Morgan fingerprint density at radius 1 is 1.43 bits per heavy atom. The molecule has 4 atom stereocenters. The lowest BCUT2D eigenvalue weighted by atomic mass is 9.74. The third-order valence-corrected chi connectivity index (χ3v) is 4.90. The number of imide groups is 1. The predicted molar refractivity (Wildman–Crippen MR) is 74.1 cm³/mol. The summed E-state index contributed by atoms with van der Waals surface area (Å²) in [6.45, 7) is 4.88. The van der Waals surface area contributed by atoms with E-state index in [4.69, 9.17) is 25.8 Å². The van der Waals surface area contributed by atoms with E-state index < -0.39 is 12.0 Å². The number of ether oxygens (including phenoxy) is 3. The van der Waals surface area contributed by atoms with Crippen molar-refractivity contribution >= 4 is 23.6 Å². The van der Waals surface area contributed by atoms with Crippen LogP contribution in [0.2, 0.25) is 0 Å². The first-order valence-electron chi connectivity index (χ1n) is 7.24. The molecule has 0 unspecified atom stereocenters. The van der Waals surface area contributed by atoms with Crippen molar-refractivity contribution in [3.63, 3.8) is 0 Å². The number of nitrogens with one attached hydrogen (secondary N) is 1. The second-order valence-corrected chi connectivity index (χ2v) is 6.85. The van der Waals surface area contributed by atoms with E-state index in [2.05, 4.69) is 19.2 Å². The molecule has 0 aromatic rings. The number of alkyl halides is 1. The fraction of sp³-hybridized carbons (Fsp3) is 0.857. The highest BCUT2D eigenvalue weighted by atomic mass is 35.5. The van der Waals surface area contributed by atoms with Crippen LogP contribution in [0.15, 0.2) is 0 Å². The highest BCUT2D eigenvalue weighted by Crippen LogP contribution is 2.55. The summed E-state index contributed by atoms with van der Waals surface area (Å²) < 4.78 is 16.7. The Balaban J connectivity index is 1.57. The number of epoxide rings is 2. The minimum absolute atomic E-state index is 0.0826. The topological polar surface area (TPSA) is 80.5 Å². The van der Waals surface area contributed by atoms with Gasteiger partial charge in [-0.25, -0.2) is 4.79 Å². The van der Waals surface area contributed by atoms with E-state index >= 15 is 0 Å². The molecule has 7 heteroatoms. The summed E-state index contributed by atoms with van der Waals surface area (Å²) in [6, 6.07) is 0. The van der Waals surface area contributed by atoms with Crippen LogP contribution in [0, 0.1) is 5.92 Å². The Hall–Kier alpha value is -0.850. The van der Waals surface area contributed by atoms with Crippen LogP contribution < -0.4 is 5.32 Å². The molecule has 0 aromatic heterocycles. The van der Waals surface area contributed by atoms with Crippen LogP contribution in [-0.2, 0) is 19.0 Å². The molecular formula is C14H20ClNO5. The van der Waals surface area contributed by atoms with E-state index in [1.165, 1.54) is 0 Å². The number of hydrogen-bond donors (Lipinski definition) is 1. The zero-order chi connectivity index (χ0) is 15.3. The number of hydrogen-bond acceptors (Lipinski definition) is 5. The molecule has 1 N–H and O–H groups in total. The second kappa shape index (κ2) is 5.11. The first-order chi connectivity index (χ1) is 9.86. The van der Waals surface area contributed by atoms with Gasteiger partial charge in [-0.3, -0.25) is 10.1 Å². The Labute approximate surface area is 128 Å². The third-order valence-electron chi connectivity index (χ3n) is 4.66. The van der Waals surface area contributed by atoms with Crippen molar-refractivity contribution in [1.29, 1.82) is 0 Å². The molecule has 21 heavy (non-hydrogen) atoms. The van der Waals surface area contributed by atoms with Crippen LogP contribution in [-0.4, -0.2) is 47.9 Å². The lowest BCUT2D eigenvalue weighted by Gasteiger charge is -2.33. The fourth-order valence-electron chi connectivity index (χ4n) is 3.35. The van der Waals surface area contributed by atoms with Gasteiger partial charge in [0, 0.05) is 5.92 Å². The smallest absolute Gasteiger partial charge is 0.414 e. The van der Waals surface area contributed by atoms with Crippen LogP contribution in [0.4, 0.5) is 4.79 Å². The highest BCUT2D eigenvalue weighted by Gasteiger charge is 2.65. The average Bonchev–Trinajstić information content (AvgIpc) is 3.31. The molecule has 1 spiro atoms. The summed E-state index contributed by atoms with van der Waals surface area (Å²) in [5.74, 6) is -0.575. The van der Waals surface area contributed by atoms with E-state index in [9.17, 15) is 9.59 Å². The molecule has 118 valence electrons. The number of carbonyl (C=O) groups is 2. The molecule has 1 aliphatic carbocycles. The molecule has 2 heterocycles. The molecule has 0 aromatic carbocycles. The minimum Gasteiger partial charge on any atom is -0.446 e. The molecule has 2 saturated heterocycles. The van der Waals surface area contributed by atoms with E-state index in [1.807, 2.05) is 0 Å². The van der Waals surface area contributed by atoms with E-state index in [0.717, 1.165) is 19.4 Å². The van der Waals surface area contributed by atoms with Crippen molar-refractivity contribution in [1.82, 2.24) is 5.32 Å². The van der Waals surface area contributed by atoms with Gasteiger partial charge >= 0.3 is 6.09 Å². The summed E-state index contributed by atoms with van der Waals surface area (Å²) in [6.07, 6.45) is 1.51. The van der Waals surface area contributed by atoms with Crippen LogP contribution in [0.25, 0.3) is 0 Å². The van der Waals surface area contributed by atoms with Crippen molar-refractivity contribution in [3.05, 3.63) is 0 Å². The Morgan fingerprint density at radius 3 is 2.62 bits per heavy atom. The summed E-state index contributed by atoms with van der Waals surface area (Å²) >= 11 is 5.34. The number of rotatable bonds is 3. The molecule has 0 radical (unpaired) electrons. The fourth-order valence-corrected chi connectivity index (χ4v) is 3.42. The van der Waals surface area contributed by atoms with Crippen LogP contribution >= 0.6 is 11.6 Å². The maximum atomic E-state index is 11.6. The maximum absolute atomic E-state index is 11.6. The van der Waals surface area contributed by atoms with Crippen LogP contribution in [0.1, 0.15) is 33.1 Å². The highest BCUT2D eigenvalue weighted by molar-refractivity contribution is 6.28. The van der Waals surface area contributed by atoms with Gasteiger partial charge < -0.3 is 14.2 Å². The number of alkyl carbamates (subject to hydrolysis) is 1. The molecule has 0 bridgehead atoms. The SMILES string of the molecule is CC1(C)O[C@H]1[C@H]1C[C@@H](OC(=O)NC(=O)CCl)CC[C@]12CO2. The molecule has 3 rings (SSSR count). The summed E-state index contributed by atoms with van der Waals surface area (Å²) in [5, 5.41) is 2.09. The third kappa shape index (κ3) is 3.03. The Bertz CT molecular complexity index is 462. The van der Waals surface area contributed by atoms with Crippen molar-refractivity contribution < 1.29 is 23.8 Å². The molecule has 6 nitrogen and oxygen atoms in total. The zero-order valence-corrected chi connectivity index (χ0v) is 12.9. The van der Waals surface area contributed by atoms with Gasteiger partial charge in [0.25, 0.3) is 0 Å². The molecule has 3 fully saturated rings. The normalized spacial score (nSPS) is 39.7. The van der Waals surface area contributed by atoms with Gasteiger partial charge in [-0.2, -0.15) is 0 Å². The van der Waals surface area contributed by atoms with Gasteiger partial charge in [0.2, 0.25) is 5.91 Å². The van der Waals surface area contributed by atoms with Crippen molar-refractivity contribution in [2.75, 3.05) is 12.5 Å². The van der Waals surface area contributed by atoms with E-state index in [1.54, 1.807) is 0 Å². The molecule has 2 amide bonds. The number of carbonyl (C=O) groups excluding carboxylic acids is 2. The Kier molecular flexibility index (Phi) is 3.66. The zero-order valence-electron chi connectivity index (χ0n) is 12.2. The molecule has 3 aliphatic rings. The lowest BCUT2D eigenvalue weighted by Crippen LogP contribution is -2.43. The number of halogens is 1. The average molecular weight is 318 g/mol. The van der Waals surface area contributed by atoms with Gasteiger partial charge in [0.15, 0.2) is 0 Å². The van der Waals surface area contributed by atoms with Crippen molar-refractivity contribution in [3.8, 4) is 0 Å². The van der Waals surface area contributed by atoms with Crippen LogP contribution in [0.5, 0.6) is 0 Å². The first kappa shape index (κ1) is 15.1. The molecule has 2 aliphatic heterocycles. The second-order valence-electron chi connectivity index (χ2n) is 6.59. The quantitative estimate of drug-likeness (QED) is 0.631. The predicted octanol–water partition coefficient (Wildman–Crippen LogP) is 1.59. The standard InChI is InChI=1S/C14H20ClNO5/c1-13(2)11(21-13)9-5-8(3-4-14(9)7-19-14)20-12(18)16-10(17)6-15/h8-9,11H,3-7H2,1-2H3,(H,16,17,18)/t8-,9+,11-,14-/m0/s1. The van der Waals surface area contributed by atoms with E-state index in [-0.39, 0.29) is 35.2 Å². The first-order valence-corrected chi connectivity index (χ1v) is 7.78. The van der Waals surface area contributed by atoms with Crippen LogP contribution in [0.3, 0.4) is 0 Å². The van der Waals surface area contributed by atoms with Gasteiger partial charge in [0.1, 0.15) is 12.0 Å².